The fourth-order valence-corrected chi connectivity index (χ4v) is 3.41. The van der Waals surface area contributed by atoms with Gasteiger partial charge >= 0.3 is 0 Å². The number of rotatable bonds is 11. The van der Waals surface area contributed by atoms with Crippen LogP contribution in [0, 0.1) is 12.8 Å². The highest BCUT2D eigenvalue weighted by Crippen LogP contribution is 2.17. The number of aliphatic imine (C=N–C) groups is 1. The van der Waals surface area contributed by atoms with E-state index in [1.807, 2.05) is 30.3 Å². The van der Waals surface area contributed by atoms with Crippen molar-refractivity contribution in [1.82, 2.24) is 25.0 Å². The van der Waals surface area contributed by atoms with E-state index in [0.29, 0.717) is 25.7 Å². The third-order valence-electron chi connectivity index (χ3n) is 4.73. The number of guanidine groups is 1. The SMILES string of the molecule is COCCOCC1CCN(C(=NCc2nnc(C)n2C)NCCCSC)C1. The van der Waals surface area contributed by atoms with Crippen LogP contribution in [-0.2, 0) is 23.1 Å². The summed E-state index contributed by atoms with van der Waals surface area (Å²) >= 11 is 1.87. The molecule has 0 aliphatic carbocycles. The van der Waals surface area contributed by atoms with Gasteiger partial charge in [0.15, 0.2) is 11.8 Å². The molecule has 1 aromatic heterocycles. The van der Waals surface area contributed by atoms with Crippen LogP contribution < -0.4 is 5.32 Å². The lowest BCUT2D eigenvalue weighted by atomic mass is 10.1. The summed E-state index contributed by atoms with van der Waals surface area (Å²) in [4.78, 5) is 7.17. The maximum Gasteiger partial charge on any atom is 0.194 e. The van der Waals surface area contributed by atoms with Crippen LogP contribution >= 0.6 is 11.8 Å². The largest absolute Gasteiger partial charge is 0.382 e. The number of likely N-dealkylation sites (tertiary alicyclic amines) is 1. The van der Waals surface area contributed by atoms with E-state index in [4.69, 9.17) is 14.5 Å². The van der Waals surface area contributed by atoms with E-state index < -0.39 is 0 Å². The minimum absolute atomic E-state index is 0.535. The van der Waals surface area contributed by atoms with Gasteiger partial charge in [0.25, 0.3) is 0 Å². The molecule has 1 atom stereocenters. The second-order valence-corrected chi connectivity index (χ2v) is 7.79. The van der Waals surface area contributed by atoms with Gasteiger partial charge in [-0.1, -0.05) is 0 Å². The lowest BCUT2D eigenvalue weighted by Crippen LogP contribution is -2.41. The molecule has 1 saturated heterocycles. The fraction of sp³-hybridized carbons (Fsp3) is 0.833. The molecule has 0 bridgehead atoms. The van der Waals surface area contributed by atoms with E-state index in [2.05, 4.69) is 26.7 Å². The van der Waals surface area contributed by atoms with Crippen LogP contribution in [0.25, 0.3) is 0 Å². The highest BCUT2D eigenvalue weighted by molar-refractivity contribution is 7.98. The molecule has 0 saturated carbocycles. The number of thioether (sulfide) groups is 1. The van der Waals surface area contributed by atoms with Crippen molar-refractivity contribution in [2.45, 2.75) is 26.3 Å². The number of hydrogen-bond donors (Lipinski definition) is 1. The summed E-state index contributed by atoms with van der Waals surface area (Å²) in [6.45, 7) is 7.49. The molecule has 8 nitrogen and oxygen atoms in total. The van der Waals surface area contributed by atoms with Gasteiger partial charge in [0, 0.05) is 39.7 Å². The Kier molecular flexibility index (Phi) is 9.93. The van der Waals surface area contributed by atoms with Gasteiger partial charge in [-0.15, -0.1) is 10.2 Å². The van der Waals surface area contributed by atoms with Crippen LogP contribution in [-0.4, -0.2) is 84.2 Å². The standard InChI is InChI=1S/C18H34N6O2S/c1-15-21-22-17(23(15)2)12-20-18(19-7-5-11-27-4)24-8-6-16(13-24)14-26-10-9-25-3/h16H,5-14H2,1-4H3,(H,19,20). The zero-order valence-corrected chi connectivity index (χ0v) is 17.9. The monoisotopic (exact) mass is 398 g/mol. The van der Waals surface area contributed by atoms with Gasteiger partial charge in [-0.2, -0.15) is 11.8 Å². The summed E-state index contributed by atoms with van der Waals surface area (Å²) in [6, 6.07) is 0. The Hall–Kier alpha value is -1.32. The lowest BCUT2D eigenvalue weighted by molar-refractivity contribution is 0.0536. The number of aryl methyl sites for hydroxylation is 1. The summed E-state index contributed by atoms with van der Waals surface area (Å²) in [6.07, 6.45) is 4.39. The Balaban J connectivity index is 1.91. The highest BCUT2D eigenvalue weighted by atomic mass is 32.2. The number of nitrogens with one attached hydrogen (secondary N) is 1. The third kappa shape index (κ3) is 7.31. The zero-order chi connectivity index (χ0) is 19.5. The van der Waals surface area contributed by atoms with Crippen LogP contribution in [0.15, 0.2) is 4.99 Å². The Bertz CT molecular complexity index is 580. The molecular formula is C18H34N6O2S. The van der Waals surface area contributed by atoms with Crippen molar-refractivity contribution in [1.29, 1.82) is 0 Å². The first kappa shape index (κ1) is 22.0. The molecule has 1 fully saturated rings. The average molecular weight is 399 g/mol. The number of ether oxygens (including phenoxy) is 2. The molecule has 1 aromatic rings. The van der Waals surface area contributed by atoms with Crippen molar-refractivity contribution in [2.24, 2.45) is 18.0 Å². The third-order valence-corrected chi connectivity index (χ3v) is 5.43. The predicted octanol–water partition coefficient (Wildman–Crippen LogP) is 1.31. The van der Waals surface area contributed by atoms with Crippen LogP contribution in [0.5, 0.6) is 0 Å². The number of nitrogens with zero attached hydrogens (tertiary/aromatic N) is 5. The second-order valence-electron chi connectivity index (χ2n) is 6.80. The lowest BCUT2D eigenvalue weighted by Gasteiger charge is -2.22. The Morgan fingerprint density at radius 2 is 2.22 bits per heavy atom. The van der Waals surface area contributed by atoms with Crippen molar-refractivity contribution >= 4 is 17.7 Å². The quantitative estimate of drug-likeness (QED) is 0.342. The van der Waals surface area contributed by atoms with Gasteiger partial charge in [0.2, 0.25) is 0 Å². The summed E-state index contributed by atoms with van der Waals surface area (Å²) in [7, 11) is 3.68. The van der Waals surface area contributed by atoms with E-state index in [9.17, 15) is 0 Å². The van der Waals surface area contributed by atoms with Crippen LogP contribution in [0.4, 0.5) is 0 Å². The molecule has 2 heterocycles. The summed E-state index contributed by atoms with van der Waals surface area (Å²) in [5.41, 5.74) is 0. The first-order chi connectivity index (χ1) is 13.2. The molecule has 1 aliphatic rings. The molecule has 1 aliphatic heterocycles. The van der Waals surface area contributed by atoms with E-state index in [-0.39, 0.29) is 0 Å². The first-order valence-corrected chi connectivity index (χ1v) is 11.0. The van der Waals surface area contributed by atoms with E-state index in [0.717, 1.165) is 62.4 Å². The smallest absolute Gasteiger partial charge is 0.194 e. The molecule has 27 heavy (non-hydrogen) atoms. The van der Waals surface area contributed by atoms with Crippen LogP contribution in [0.2, 0.25) is 0 Å². The van der Waals surface area contributed by atoms with Gasteiger partial charge in [-0.3, -0.25) is 0 Å². The normalized spacial score (nSPS) is 17.7. The van der Waals surface area contributed by atoms with Crippen LogP contribution in [0.1, 0.15) is 24.5 Å². The van der Waals surface area contributed by atoms with Crippen molar-refractivity contribution < 1.29 is 9.47 Å². The van der Waals surface area contributed by atoms with Gasteiger partial charge in [0.1, 0.15) is 12.4 Å². The molecule has 9 heteroatoms. The van der Waals surface area contributed by atoms with Crippen molar-refractivity contribution in [3.63, 3.8) is 0 Å². The summed E-state index contributed by atoms with van der Waals surface area (Å²) in [5.74, 6) is 4.45. The molecule has 154 valence electrons. The average Bonchev–Trinajstić information content (AvgIpc) is 3.26. The molecule has 0 aromatic carbocycles. The van der Waals surface area contributed by atoms with E-state index in [1.165, 1.54) is 0 Å². The predicted molar refractivity (Wildman–Crippen MR) is 110 cm³/mol. The van der Waals surface area contributed by atoms with Crippen molar-refractivity contribution in [3.8, 4) is 0 Å². The van der Waals surface area contributed by atoms with Crippen LogP contribution in [0.3, 0.4) is 0 Å². The zero-order valence-electron chi connectivity index (χ0n) is 17.1. The van der Waals surface area contributed by atoms with E-state index >= 15 is 0 Å². The maximum absolute atomic E-state index is 5.71. The summed E-state index contributed by atoms with van der Waals surface area (Å²) < 4.78 is 12.7. The van der Waals surface area contributed by atoms with Gasteiger partial charge < -0.3 is 24.3 Å². The first-order valence-electron chi connectivity index (χ1n) is 9.59. The fourth-order valence-electron chi connectivity index (χ4n) is 2.97. The number of methoxy groups -OCH3 is 1. The van der Waals surface area contributed by atoms with E-state index in [1.54, 1.807) is 7.11 Å². The summed E-state index contributed by atoms with van der Waals surface area (Å²) in [5, 5.41) is 11.9. The van der Waals surface area contributed by atoms with Gasteiger partial charge in [0.05, 0.1) is 19.8 Å². The molecule has 0 spiro atoms. The number of aromatic nitrogens is 3. The molecule has 0 amide bonds. The Labute approximate surface area is 167 Å². The minimum Gasteiger partial charge on any atom is -0.382 e. The van der Waals surface area contributed by atoms with Gasteiger partial charge in [-0.05, 0) is 31.8 Å². The molecule has 1 unspecified atom stereocenters. The topological polar surface area (TPSA) is 76.8 Å². The van der Waals surface area contributed by atoms with Gasteiger partial charge in [-0.25, -0.2) is 4.99 Å². The van der Waals surface area contributed by atoms with Crippen molar-refractivity contribution in [3.05, 3.63) is 11.6 Å². The Morgan fingerprint density at radius 1 is 1.37 bits per heavy atom. The molecular weight excluding hydrogens is 364 g/mol. The number of hydrogen-bond acceptors (Lipinski definition) is 6. The maximum atomic E-state index is 5.71. The Morgan fingerprint density at radius 3 is 2.93 bits per heavy atom. The molecule has 1 N–H and O–H groups in total. The molecule has 2 rings (SSSR count). The highest BCUT2D eigenvalue weighted by Gasteiger charge is 2.25. The second kappa shape index (κ2) is 12.2. The van der Waals surface area contributed by atoms with Crippen molar-refractivity contribution in [2.75, 3.05) is 58.6 Å². The minimum atomic E-state index is 0.535. The molecule has 0 radical (unpaired) electrons.